The fourth-order valence-electron chi connectivity index (χ4n) is 2.29. The predicted octanol–water partition coefficient (Wildman–Crippen LogP) is 5.52. The van der Waals surface area contributed by atoms with E-state index in [9.17, 15) is 0 Å². The van der Waals surface area contributed by atoms with E-state index in [2.05, 4.69) is 32.8 Å². The normalized spacial score (nSPS) is 11.8. The van der Waals surface area contributed by atoms with E-state index < -0.39 is 0 Å². The maximum absolute atomic E-state index is 6.43. The average Bonchev–Trinajstić information content (AvgIpc) is 2.63. The van der Waals surface area contributed by atoms with E-state index in [-0.39, 0.29) is 0 Å². The van der Waals surface area contributed by atoms with Gasteiger partial charge in [0.25, 0.3) is 0 Å². The first-order valence-electron chi connectivity index (χ1n) is 8.33. The van der Waals surface area contributed by atoms with E-state index in [1.54, 1.807) is 13.4 Å². The molecule has 0 fully saturated rings. The molecule has 0 atom stereocenters. The van der Waals surface area contributed by atoms with Gasteiger partial charge in [-0.2, -0.15) is 0 Å². The molecule has 0 unspecified atom stereocenters. The van der Waals surface area contributed by atoms with Crippen LogP contribution in [0.4, 0.5) is 5.69 Å². The molecule has 0 heterocycles. The first-order chi connectivity index (χ1) is 12.4. The van der Waals surface area contributed by atoms with Gasteiger partial charge in [-0.25, -0.2) is 4.99 Å². The Labute approximate surface area is 168 Å². The maximum Gasteiger partial charge on any atom is 0.130 e. The molecule has 0 spiro atoms. The fourth-order valence-corrected chi connectivity index (χ4v) is 2.88. The molecule has 0 aliphatic heterocycles. The van der Waals surface area contributed by atoms with Crippen molar-refractivity contribution in [2.24, 2.45) is 9.98 Å². The van der Waals surface area contributed by atoms with E-state index in [4.69, 9.17) is 16.3 Å². The molecule has 0 saturated carbocycles. The summed E-state index contributed by atoms with van der Waals surface area (Å²) >= 11 is 9.88. The zero-order chi connectivity index (χ0) is 19.1. The molecule has 2 aromatic rings. The second-order valence-corrected chi connectivity index (χ2v) is 7.18. The van der Waals surface area contributed by atoms with Crippen LogP contribution in [-0.4, -0.2) is 44.2 Å². The summed E-state index contributed by atoms with van der Waals surface area (Å²) < 4.78 is 6.85. The highest BCUT2D eigenvalue weighted by Crippen LogP contribution is 2.29. The Morgan fingerprint density at radius 1 is 1.31 bits per heavy atom. The molecule has 26 heavy (non-hydrogen) atoms. The van der Waals surface area contributed by atoms with Gasteiger partial charge in [-0.1, -0.05) is 33.6 Å². The molecule has 6 heteroatoms. The molecule has 2 rings (SSSR count). The van der Waals surface area contributed by atoms with Crippen molar-refractivity contribution in [1.29, 1.82) is 0 Å². The largest absolute Gasteiger partial charge is 0.487 e. The van der Waals surface area contributed by atoms with Crippen LogP contribution in [0.3, 0.4) is 0 Å². The van der Waals surface area contributed by atoms with E-state index in [0.717, 1.165) is 39.3 Å². The smallest absolute Gasteiger partial charge is 0.130 e. The third-order valence-corrected chi connectivity index (χ3v) is 4.74. The summed E-state index contributed by atoms with van der Waals surface area (Å²) in [5.41, 5.74) is 3.61. The minimum atomic E-state index is 0.366. The van der Waals surface area contributed by atoms with Crippen molar-refractivity contribution in [3.8, 4) is 5.75 Å². The zero-order valence-electron chi connectivity index (χ0n) is 15.5. The molecular formula is C20H23BrClN3O. The fraction of sp³-hybridized carbons (Fsp3) is 0.300. The lowest BCUT2D eigenvalue weighted by Crippen LogP contribution is -2.15. The Morgan fingerprint density at radius 3 is 2.73 bits per heavy atom. The van der Waals surface area contributed by atoms with Gasteiger partial charge in [0, 0.05) is 30.7 Å². The summed E-state index contributed by atoms with van der Waals surface area (Å²) in [6.45, 7) is 5.35. The number of rotatable bonds is 7. The van der Waals surface area contributed by atoms with Crippen LogP contribution < -0.4 is 4.74 Å². The topological polar surface area (TPSA) is 37.2 Å². The van der Waals surface area contributed by atoms with Crippen molar-refractivity contribution in [3.05, 3.63) is 57.0 Å². The third-order valence-electron chi connectivity index (χ3n) is 3.94. The first-order valence-corrected chi connectivity index (χ1v) is 9.50. The summed E-state index contributed by atoms with van der Waals surface area (Å²) in [5.74, 6) is 0.785. The SMILES string of the molecule is CCN(C)C=Nc1cc(C)c(C(COc2cccc(Br)c2)=NC)cc1Cl. The predicted molar refractivity (Wildman–Crippen MR) is 115 cm³/mol. The molecule has 0 aliphatic carbocycles. The van der Waals surface area contributed by atoms with E-state index in [1.807, 2.05) is 55.3 Å². The summed E-state index contributed by atoms with van der Waals surface area (Å²) in [6.07, 6.45) is 1.78. The highest BCUT2D eigenvalue weighted by molar-refractivity contribution is 9.10. The summed E-state index contributed by atoms with van der Waals surface area (Å²) in [5, 5.41) is 0.593. The van der Waals surface area contributed by atoms with Crippen molar-refractivity contribution in [2.45, 2.75) is 13.8 Å². The number of hydrogen-bond donors (Lipinski definition) is 0. The van der Waals surface area contributed by atoms with Crippen LogP contribution in [0, 0.1) is 6.92 Å². The molecule has 0 aromatic heterocycles. The van der Waals surface area contributed by atoms with Crippen LogP contribution >= 0.6 is 27.5 Å². The van der Waals surface area contributed by atoms with E-state index in [0.29, 0.717) is 11.6 Å². The summed E-state index contributed by atoms with van der Waals surface area (Å²) in [4.78, 5) is 10.8. The van der Waals surface area contributed by atoms with Crippen molar-refractivity contribution in [1.82, 2.24) is 4.90 Å². The zero-order valence-corrected chi connectivity index (χ0v) is 17.8. The number of ether oxygens (including phenoxy) is 1. The molecule has 4 nitrogen and oxygen atoms in total. The third kappa shape index (κ3) is 5.58. The number of aliphatic imine (C=N–C) groups is 2. The van der Waals surface area contributed by atoms with Crippen LogP contribution in [0.2, 0.25) is 5.02 Å². The lowest BCUT2D eigenvalue weighted by molar-refractivity contribution is 0.376. The molecule has 2 aromatic carbocycles. The van der Waals surface area contributed by atoms with Gasteiger partial charge in [0.05, 0.1) is 22.8 Å². The number of benzene rings is 2. The lowest BCUT2D eigenvalue weighted by atomic mass is 10.0. The highest BCUT2D eigenvalue weighted by Gasteiger charge is 2.12. The molecule has 0 saturated heterocycles. The molecule has 138 valence electrons. The van der Waals surface area contributed by atoms with Gasteiger partial charge in [0.15, 0.2) is 0 Å². The Kier molecular flexibility index (Phi) is 7.66. The maximum atomic E-state index is 6.43. The van der Waals surface area contributed by atoms with Gasteiger partial charge in [-0.05, 0) is 49.7 Å². The van der Waals surface area contributed by atoms with Crippen LogP contribution in [0.15, 0.2) is 50.9 Å². The Morgan fingerprint density at radius 2 is 2.08 bits per heavy atom. The molecule has 0 bridgehead atoms. The second-order valence-electron chi connectivity index (χ2n) is 5.85. The van der Waals surface area contributed by atoms with Crippen molar-refractivity contribution >= 4 is 45.3 Å². The Hall–Kier alpha value is -1.85. The van der Waals surface area contributed by atoms with Crippen molar-refractivity contribution in [3.63, 3.8) is 0 Å². The summed E-state index contributed by atoms with van der Waals surface area (Å²) in [7, 11) is 3.73. The number of nitrogens with zero attached hydrogens (tertiary/aromatic N) is 3. The van der Waals surface area contributed by atoms with E-state index >= 15 is 0 Å². The van der Waals surface area contributed by atoms with Gasteiger partial charge in [-0.3, -0.25) is 4.99 Å². The van der Waals surface area contributed by atoms with Crippen LogP contribution in [0.5, 0.6) is 5.75 Å². The van der Waals surface area contributed by atoms with Gasteiger partial charge < -0.3 is 9.64 Å². The molecule has 0 radical (unpaired) electrons. The minimum absolute atomic E-state index is 0.366. The van der Waals surface area contributed by atoms with Gasteiger partial charge in [0.2, 0.25) is 0 Å². The van der Waals surface area contributed by atoms with Gasteiger partial charge in [0.1, 0.15) is 12.4 Å². The molecule has 0 aliphatic rings. The lowest BCUT2D eigenvalue weighted by Gasteiger charge is -2.13. The number of halogens is 2. The van der Waals surface area contributed by atoms with Crippen LogP contribution in [-0.2, 0) is 0 Å². The average molecular weight is 437 g/mol. The molecule has 0 N–H and O–H groups in total. The summed E-state index contributed by atoms with van der Waals surface area (Å²) in [6, 6.07) is 11.6. The quantitative estimate of drug-likeness (QED) is 0.423. The highest BCUT2D eigenvalue weighted by atomic mass is 79.9. The van der Waals surface area contributed by atoms with E-state index in [1.165, 1.54) is 0 Å². The van der Waals surface area contributed by atoms with Crippen LogP contribution in [0.1, 0.15) is 18.1 Å². The Bertz CT molecular complexity index is 821. The Balaban J connectivity index is 2.20. The monoisotopic (exact) mass is 435 g/mol. The standard InChI is InChI=1S/C20H23BrClN3O/c1-5-25(4)13-24-19-9-14(2)17(11-18(19)22)20(23-3)12-26-16-8-6-7-15(21)10-16/h6-11,13H,5,12H2,1-4H3. The van der Waals surface area contributed by atoms with Gasteiger partial charge in [-0.15, -0.1) is 0 Å². The minimum Gasteiger partial charge on any atom is -0.487 e. The molecular weight excluding hydrogens is 414 g/mol. The van der Waals surface area contributed by atoms with Crippen molar-refractivity contribution < 1.29 is 4.74 Å². The van der Waals surface area contributed by atoms with Crippen molar-refractivity contribution in [2.75, 3.05) is 27.2 Å². The number of hydrogen-bond acceptors (Lipinski definition) is 3. The second kappa shape index (κ2) is 9.74. The van der Waals surface area contributed by atoms with Gasteiger partial charge >= 0.3 is 0 Å². The number of aryl methyl sites for hydroxylation is 1. The first kappa shape index (κ1) is 20.5. The molecule has 0 amide bonds. The van der Waals surface area contributed by atoms with Crippen LogP contribution in [0.25, 0.3) is 0 Å².